The van der Waals surface area contributed by atoms with E-state index in [-0.39, 0.29) is 24.9 Å². The number of amides is 2. The van der Waals surface area contributed by atoms with E-state index in [9.17, 15) is 9.59 Å². The Balaban J connectivity index is 1.39. The smallest absolute Gasteiger partial charge is 0.238 e. The van der Waals surface area contributed by atoms with Crippen LogP contribution in [0.15, 0.2) is 24.3 Å². The van der Waals surface area contributed by atoms with Gasteiger partial charge in [0.25, 0.3) is 0 Å². The lowest BCUT2D eigenvalue weighted by Crippen LogP contribution is -2.39. The van der Waals surface area contributed by atoms with Gasteiger partial charge in [0.1, 0.15) is 0 Å². The van der Waals surface area contributed by atoms with Crippen LogP contribution in [0.5, 0.6) is 0 Å². The van der Waals surface area contributed by atoms with Crippen molar-refractivity contribution < 1.29 is 9.59 Å². The van der Waals surface area contributed by atoms with E-state index >= 15 is 0 Å². The largest absolute Gasteiger partial charge is 0.352 e. The SMILES string of the molecule is CN(CC(=O)Nc1ccc(CN2CCCC2)cc1)CC(=O)NC1CC1. The first kappa shape index (κ1) is 17.9. The molecule has 2 amide bonds. The van der Waals surface area contributed by atoms with Crippen LogP contribution in [0, 0.1) is 0 Å². The van der Waals surface area contributed by atoms with Crippen LogP contribution < -0.4 is 10.6 Å². The van der Waals surface area contributed by atoms with Gasteiger partial charge in [-0.2, -0.15) is 0 Å². The second-order valence-electron chi connectivity index (χ2n) is 7.24. The first-order valence-corrected chi connectivity index (χ1v) is 9.17. The summed E-state index contributed by atoms with van der Waals surface area (Å²) in [6, 6.07) is 8.39. The summed E-state index contributed by atoms with van der Waals surface area (Å²) in [5.41, 5.74) is 2.07. The van der Waals surface area contributed by atoms with E-state index in [2.05, 4.69) is 27.7 Å². The minimum Gasteiger partial charge on any atom is -0.352 e. The number of hydrogen-bond acceptors (Lipinski definition) is 4. The zero-order valence-corrected chi connectivity index (χ0v) is 15.0. The molecule has 2 aliphatic rings. The molecule has 0 radical (unpaired) electrons. The van der Waals surface area contributed by atoms with Crippen molar-refractivity contribution in [2.24, 2.45) is 0 Å². The summed E-state index contributed by atoms with van der Waals surface area (Å²) in [6.45, 7) is 3.79. The molecule has 0 unspecified atom stereocenters. The van der Waals surface area contributed by atoms with E-state index in [0.717, 1.165) is 25.1 Å². The molecule has 0 spiro atoms. The van der Waals surface area contributed by atoms with Gasteiger partial charge in [0.05, 0.1) is 13.1 Å². The Kier molecular flexibility index (Phi) is 6.04. The molecule has 3 rings (SSSR count). The molecule has 0 aromatic heterocycles. The molecule has 0 atom stereocenters. The monoisotopic (exact) mass is 344 g/mol. The van der Waals surface area contributed by atoms with Crippen molar-refractivity contribution in [3.05, 3.63) is 29.8 Å². The summed E-state index contributed by atoms with van der Waals surface area (Å²) in [6.07, 6.45) is 4.73. The number of nitrogens with one attached hydrogen (secondary N) is 2. The van der Waals surface area contributed by atoms with E-state index in [0.29, 0.717) is 6.04 Å². The minimum absolute atomic E-state index is 0.0101. The Morgan fingerprint density at radius 1 is 1.08 bits per heavy atom. The molecule has 1 aliphatic carbocycles. The fourth-order valence-corrected chi connectivity index (χ4v) is 3.14. The van der Waals surface area contributed by atoms with Gasteiger partial charge in [-0.3, -0.25) is 19.4 Å². The maximum atomic E-state index is 12.1. The van der Waals surface area contributed by atoms with Crippen molar-refractivity contribution in [3.8, 4) is 0 Å². The first-order valence-electron chi connectivity index (χ1n) is 9.17. The molecule has 1 saturated carbocycles. The van der Waals surface area contributed by atoms with E-state index in [1.807, 2.05) is 12.1 Å². The Hall–Kier alpha value is -1.92. The lowest BCUT2D eigenvalue weighted by molar-refractivity contribution is -0.123. The second-order valence-corrected chi connectivity index (χ2v) is 7.24. The van der Waals surface area contributed by atoms with Crippen molar-refractivity contribution in [3.63, 3.8) is 0 Å². The van der Waals surface area contributed by atoms with Crippen molar-refractivity contribution in [1.29, 1.82) is 0 Å². The molecule has 1 saturated heterocycles. The molecule has 25 heavy (non-hydrogen) atoms. The Morgan fingerprint density at radius 2 is 1.72 bits per heavy atom. The average Bonchev–Trinajstić information content (AvgIpc) is 3.21. The summed E-state index contributed by atoms with van der Waals surface area (Å²) in [4.78, 5) is 28.0. The molecule has 136 valence electrons. The lowest BCUT2D eigenvalue weighted by Gasteiger charge is -2.16. The molecule has 1 aromatic rings. The third kappa shape index (κ3) is 6.14. The lowest BCUT2D eigenvalue weighted by atomic mass is 10.2. The van der Waals surface area contributed by atoms with Gasteiger partial charge in [-0.1, -0.05) is 12.1 Å². The third-order valence-electron chi connectivity index (χ3n) is 4.61. The molecule has 2 fully saturated rings. The van der Waals surface area contributed by atoms with Gasteiger partial charge in [-0.05, 0) is 63.5 Å². The summed E-state index contributed by atoms with van der Waals surface area (Å²) in [5, 5.41) is 5.82. The van der Waals surface area contributed by atoms with Crippen LogP contribution in [0.1, 0.15) is 31.2 Å². The maximum absolute atomic E-state index is 12.1. The number of likely N-dealkylation sites (tertiary alicyclic amines) is 1. The number of nitrogens with zero attached hydrogens (tertiary/aromatic N) is 2. The van der Waals surface area contributed by atoms with Gasteiger partial charge in [0.2, 0.25) is 11.8 Å². The Labute approximate surface area is 149 Å². The molecular weight excluding hydrogens is 316 g/mol. The molecule has 0 bridgehead atoms. The van der Waals surface area contributed by atoms with Crippen molar-refractivity contribution in [2.75, 3.05) is 38.5 Å². The van der Waals surface area contributed by atoms with Crippen LogP contribution in [0.2, 0.25) is 0 Å². The van der Waals surface area contributed by atoms with Crippen molar-refractivity contribution in [1.82, 2.24) is 15.1 Å². The highest BCUT2D eigenvalue weighted by Crippen LogP contribution is 2.18. The second kappa shape index (κ2) is 8.45. The molecule has 1 heterocycles. The predicted molar refractivity (Wildman–Crippen MR) is 98.2 cm³/mol. The van der Waals surface area contributed by atoms with Gasteiger partial charge in [0.15, 0.2) is 0 Å². The van der Waals surface area contributed by atoms with Crippen molar-refractivity contribution in [2.45, 2.75) is 38.3 Å². The van der Waals surface area contributed by atoms with Crippen LogP contribution in [-0.4, -0.2) is 60.9 Å². The number of rotatable bonds is 8. The van der Waals surface area contributed by atoms with E-state index in [1.165, 1.54) is 31.5 Å². The normalized spacial score (nSPS) is 17.7. The standard InChI is InChI=1S/C19H28N4O2/c1-22(14-19(25)21-17-8-9-17)13-18(24)20-16-6-4-15(5-7-16)12-23-10-2-3-11-23/h4-7,17H,2-3,8-14H2,1H3,(H,20,24)(H,21,25). The molecule has 2 N–H and O–H groups in total. The van der Waals surface area contributed by atoms with E-state index in [1.54, 1.807) is 11.9 Å². The molecular formula is C19H28N4O2. The van der Waals surface area contributed by atoms with Crippen LogP contribution in [0.25, 0.3) is 0 Å². The minimum atomic E-state index is -0.103. The summed E-state index contributed by atoms with van der Waals surface area (Å²) in [5.74, 6) is -0.113. The molecule has 6 nitrogen and oxygen atoms in total. The summed E-state index contributed by atoms with van der Waals surface area (Å²) in [7, 11) is 1.78. The number of hydrogen-bond donors (Lipinski definition) is 2. The maximum Gasteiger partial charge on any atom is 0.238 e. The fourth-order valence-electron chi connectivity index (χ4n) is 3.14. The van der Waals surface area contributed by atoms with E-state index < -0.39 is 0 Å². The number of benzene rings is 1. The highest BCUT2D eigenvalue weighted by molar-refractivity contribution is 5.92. The van der Waals surface area contributed by atoms with E-state index in [4.69, 9.17) is 0 Å². The summed E-state index contributed by atoms with van der Waals surface area (Å²) < 4.78 is 0. The zero-order valence-electron chi connectivity index (χ0n) is 15.0. The molecule has 1 aromatic carbocycles. The van der Waals surface area contributed by atoms with Crippen LogP contribution >= 0.6 is 0 Å². The number of likely N-dealkylation sites (N-methyl/N-ethyl adjacent to an activating group) is 1. The quantitative estimate of drug-likeness (QED) is 0.749. The number of carbonyl (C=O) groups is 2. The number of carbonyl (C=O) groups excluding carboxylic acids is 2. The highest BCUT2D eigenvalue weighted by atomic mass is 16.2. The first-order chi connectivity index (χ1) is 12.1. The molecule has 1 aliphatic heterocycles. The van der Waals surface area contributed by atoms with Crippen LogP contribution in [-0.2, 0) is 16.1 Å². The topological polar surface area (TPSA) is 64.7 Å². The zero-order chi connectivity index (χ0) is 17.6. The highest BCUT2D eigenvalue weighted by Gasteiger charge is 2.23. The average molecular weight is 344 g/mol. The van der Waals surface area contributed by atoms with Crippen molar-refractivity contribution >= 4 is 17.5 Å². The van der Waals surface area contributed by atoms with Crippen LogP contribution in [0.4, 0.5) is 5.69 Å². The fraction of sp³-hybridized carbons (Fsp3) is 0.579. The van der Waals surface area contributed by atoms with Gasteiger partial charge in [-0.25, -0.2) is 0 Å². The van der Waals surface area contributed by atoms with Gasteiger partial charge >= 0.3 is 0 Å². The summed E-state index contributed by atoms with van der Waals surface area (Å²) >= 11 is 0. The third-order valence-corrected chi connectivity index (χ3v) is 4.61. The van der Waals surface area contributed by atoms with Gasteiger partial charge in [-0.15, -0.1) is 0 Å². The Bertz CT molecular complexity index is 592. The molecule has 6 heteroatoms. The van der Waals surface area contributed by atoms with Gasteiger partial charge in [0, 0.05) is 18.3 Å². The predicted octanol–water partition coefficient (Wildman–Crippen LogP) is 1.43. The number of anilines is 1. The van der Waals surface area contributed by atoms with Crippen LogP contribution in [0.3, 0.4) is 0 Å². The van der Waals surface area contributed by atoms with Gasteiger partial charge < -0.3 is 10.6 Å². The Morgan fingerprint density at radius 3 is 2.36 bits per heavy atom.